The molecule has 0 saturated carbocycles. The number of rotatable bonds is 4. The molecule has 0 bridgehead atoms. The molecule has 0 rings (SSSR count). The van der Waals surface area contributed by atoms with E-state index < -0.39 is 20.9 Å². The van der Waals surface area contributed by atoms with Gasteiger partial charge in [-0.05, 0) is 0 Å². The summed E-state index contributed by atoms with van der Waals surface area (Å²) in [6.07, 6.45) is 0.704. The first-order valence-electron chi connectivity index (χ1n) is 2.36. The zero-order valence-corrected chi connectivity index (χ0v) is 6.83. The second-order valence-corrected chi connectivity index (χ2v) is 4.24. The van der Waals surface area contributed by atoms with Crippen LogP contribution in [0.2, 0.25) is 0 Å². The van der Waals surface area contributed by atoms with E-state index in [1.165, 1.54) is 0 Å². The Labute approximate surface area is 67.0 Å². The molecule has 0 aliphatic heterocycles. The van der Waals surface area contributed by atoms with Gasteiger partial charge in [-0.15, -0.1) is 0 Å². The Bertz CT molecular complexity index is 236. The SMILES string of the molecule is C=COCC(F)(F)S(=O)(=O)Cl. The quantitative estimate of drug-likeness (QED) is 0.515. The predicted octanol–water partition coefficient (Wildman–Crippen LogP) is 1.31. The zero-order valence-electron chi connectivity index (χ0n) is 5.26. The second kappa shape index (κ2) is 3.36. The van der Waals surface area contributed by atoms with Crippen LogP contribution in [0.25, 0.3) is 0 Å². The minimum Gasteiger partial charge on any atom is -0.494 e. The Morgan fingerprint density at radius 1 is 1.64 bits per heavy atom. The molecule has 0 aromatic carbocycles. The Morgan fingerprint density at radius 2 is 2.09 bits per heavy atom. The number of ether oxygens (including phenoxy) is 1. The molecule has 0 aromatic rings. The average Bonchev–Trinajstić information content (AvgIpc) is 1.81. The van der Waals surface area contributed by atoms with Crippen LogP contribution in [0.15, 0.2) is 12.8 Å². The Kier molecular flexibility index (Phi) is 3.25. The van der Waals surface area contributed by atoms with Gasteiger partial charge < -0.3 is 4.74 Å². The summed E-state index contributed by atoms with van der Waals surface area (Å²) in [6.45, 7) is 1.64. The molecule has 0 spiro atoms. The van der Waals surface area contributed by atoms with Gasteiger partial charge in [0.1, 0.15) is 0 Å². The fourth-order valence-corrected chi connectivity index (χ4v) is 0.569. The molecule has 0 aliphatic rings. The van der Waals surface area contributed by atoms with Crippen molar-refractivity contribution < 1.29 is 21.9 Å². The minimum absolute atomic E-state index is 0.704. The molecule has 66 valence electrons. The minimum atomic E-state index is -4.91. The number of hydrogen-bond acceptors (Lipinski definition) is 3. The summed E-state index contributed by atoms with van der Waals surface area (Å²) in [5.41, 5.74) is 0. The van der Waals surface area contributed by atoms with Crippen LogP contribution in [-0.2, 0) is 13.8 Å². The van der Waals surface area contributed by atoms with E-state index in [0.717, 1.165) is 0 Å². The summed E-state index contributed by atoms with van der Waals surface area (Å²) in [6, 6.07) is 0. The van der Waals surface area contributed by atoms with Crippen molar-refractivity contribution in [2.75, 3.05) is 6.61 Å². The molecule has 0 saturated heterocycles. The van der Waals surface area contributed by atoms with E-state index in [4.69, 9.17) is 0 Å². The molecule has 0 unspecified atom stereocenters. The van der Waals surface area contributed by atoms with Crippen molar-refractivity contribution in [3.05, 3.63) is 12.8 Å². The zero-order chi connectivity index (χ0) is 9.12. The molecular formula is C4H5ClF2O3S. The molecule has 0 amide bonds. The third-order valence-corrected chi connectivity index (χ3v) is 2.23. The van der Waals surface area contributed by atoms with Crippen LogP contribution < -0.4 is 0 Å². The van der Waals surface area contributed by atoms with Crippen LogP contribution in [0.1, 0.15) is 0 Å². The average molecular weight is 207 g/mol. The highest BCUT2D eigenvalue weighted by Gasteiger charge is 2.44. The predicted molar refractivity (Wildman–Crippen MR) is 35.9 cm³/mol. The van der Waals surface area contributed by atoms with Crippen LogP contribution in [0, 0.1) is 0 Å². The summed E-state index contributed by atoms with van der Waals surface area (Å²) in [7, 11) is -0.540. The van der Waals surface area contributed by atoms with Crippen molar-refractivity contribution >= 4 is 19.7 Å². The van der Waals surface area contributed by atoms with Crippen molar-refractivity contribution in [1.82, 2.24) is 0 Å². The van der Waals surface area contributed by atoms with Gasteiger partial charge in [-0.1, -0.05) is 6.58 Å². The van der Waals surface area contributed by atoms with E-state index in [0.29, 0.717) is 6.26 Å². The van der Waals surface area contributed by atoms with E-state index in [1.54, 1.807) is 0 Å². The highest BCUT2D eigenvalue weighted by molar-refractivity contribution is 8.14. The first-order chi connectivity index (χ1) is 4.81. The molecule has 0 aromatic heterocycles. The molecule has 0 atom stereocenters. The Hall–Kier alpha value is -0.360. The van der Waals surface area contributed by atoms with Gasteiger partial charge in [0.05, 0.1) is 6.26 Å². The van der Waals surface area contributed by atoms with Crippen LogP contribution >= 0.6 is 10.7 Å². The molecule has 0 N–H and O–H groups in total. The maximum absolute atomic E-state index is 12.2. The largest absolute Gasteiger partial charge is 0.494 e. The third kappa shape index (κ3) is 3.02. The number of hydrogen-bond donors (Lipinski definition) is 0. The maximum Gasteiger partial charge on any atom is 0.392 e. The van der Waals surface area contributed by atoms with Crippen LogP contribution in [0.5, 0.6) is 0 Å². The lowest BCUT2D eigenvalue weighted by Crippen LogP contribution is -2.29. The molecular weight excluding hydrogens is 202 g/mol. The standard InChI is InChI=1S/C4H5ClF2O3S/c1-2-10-3-4(6,7)11(5,8)9/h2H,1,3H2. The summed E-state index contributed by atoms with van der Waals surface area (Å²) in [5, 5.41) is -4.07. The number of alkyl halides is 2. The van der Waals surface area contributed by atoms with Gasteiger partial charge in [-0.2, -0.15) is 8.78 Å². The molecule has 0 fully saturated rings. The summed E-state index contributed by atoms with van der Waals surface area (Å²) in [4.78, 5) is 0. The van der Waals surface area contributed by atoms with Crippen molar-refractivity contribution in [1.29, 1.82) is 0 Å². The lowest BCUT2D eigenvalue weighted by Gasteiger charge is -2.10. The first kappa shape index (κ1) is 10.6. The highest BCUT2D eigenvalue weighted by Crippen LogP contribution is 2.25. The fraction of sp³-hybridized carbons (Fsp3) is 0.500. The topological polar surface area (TPSA) is 43.4 Å². The summed E-state index contributed by atoms with van der Waals surface area (Å²) >= 11 is 0. The fourth-order valence-electron chi connectivity index (χ4n) is 0.226. The molecule has 11 heavy (non-hydrogen) atoms. The molecule has 0 radical (unpaired) electrons. The van der Waals surface area contributed by atoms with E-state index in [1.807, 2.05) is 0 Å². The van der Waals surface area contributed by atoms with E-state index in [2.05, 4.69) is 22.0 Å². The number of halogens is 3. The van der Waals surface area contributed by atoms with Crippen LogP contribution in [-0.4, -0.2) is 20.3 Å². The lowest BCUT2D eigenvalue weighted by atomic mass is 10.7. The second-order valence-electron chi connectivity index (χ2n) is 1.55. The highest BCUT2D eigenvalue weighted by atomic mass is 35.7. The van der Waals surface area contributed by atoms with Crippen molar-refractivity contribution in [3.8, 4) is 0 Å². The van der Waals surface area contributed by atoms with Crippen LogP contribution in [0.4, 0.5) is 8.78 Å². The van der Waals surface area contributed by atoms with Gasteiger partial charge in [0, 0.05) is 10.7 Å². The molecule has 0 aliphatic carbocycles. The first-order valence-corrected chi connectivity index (χ1v) is 4.67. The van der Waals surface area contributed by atoms with E-state index in [9.17, 15) is 17.2 Å². The normalized spacial score (nSPS) is 12.6. The van der Waals surface area contributed by atoms with Crippen molar-refractivity contribution in [2.45, 2.75) is 5.25 Å². The van der Waals surface area contributed by atoms with Gasteiger partial charge in [-0.3, -0.25) is 0 Å². The van der Waals surface area contributed by atoms with Crippen LogP contribution in [0.3, 0.4) is 0 Å². The van der Waals surface area contributed by atoms with Crippen molar-refractivity contribution in [3.63, 3.8) is 0 Å². The van der Waals surface area contributed by atoms with E-state index in [-0.39, 0.29) is 0 Å². The van der Waals surface area contributed by atoms with E-state index >= 15 is 0 Å². The maximum atomic E-state index is 12.2. The van der Waals surface area contributed by atoms with Gasteiger partial charge >= 0.3 is 14.3 Å². The summed E-state index contributed by atoms with van der Waals surface area (Å²) < 4.78 is 48.5. The van der Waals surface area contributed by atoms with Gasteiger partial charge in [-0.25, -0.2) is 8.42 Å². The van der Waals surface area contributed by atoms with Gasteiger partial charge in [0.15, 0.2) is 6.61 Å². The third-order valence-electron chi connectivity index (χ3n) is 0.726. The van der Waals surface area contributed by atoms with Gasteiger partial charge in [0.2, 0.25) is 0 Å². The summed E-state index contributed by atoms with van der Waals surface area (Å²) in [5.74, 6) is 0. The van der Waals surface area contributed by atoms with Gasteiger partial charge in [0.25, 0.3) is 0 Å². The molecule has 7 heteroatoms. The molecule has 0 heterocycles. The lowest BCUT2D eigenvalue weighted by molar-refractivity contribution is 0.0213. The monoisotopic (exact) mass is 206 g/mol. The Morgan fingerprint density at radius 3 is 2.36 bits per heavy atom. The Balaban J connectivity index is 4.35. The van der Waals surface area contributed by atoms with Crippen molar-refractivity contribution in [2.24, 2.45) is 0 Å². The molecule has 3 nitrogen and oxygen atoms in total. The smallest absolute Gasteiger partial charge is 0.392 e.